The molecule has 0 fully saturated rings. The van der Waals surface area contributed by atoms with Gasteiger partial charge in [-0.1, -0.05) is 28.1 Å². The van der Waals surface area contributed by atoms with Gasteiger partial charge in [0, 0.05) is 30.3 Å². The molecule has 5 heteroatoms. The van der Waals surface area contributed by atoms with Crippen molar-refractivity contribution in [2.24, 2.45) is 0 Å². The number of carbonyl (C=O) groups excluding carboxylic acids is 1. The average Bonchev–Trinajstić information content (AvgIpc) is 2.78. The van der Waals surface area contributed by atoms with E-state index in [9.17, 15) is 4.79 Å². The molecule has 0 saturated heterocycles. The van der Waals surface area contributed by atoms with Crippen molar-refractivity contribution in [2.45, 2.75) is 6.54 Å². The van der Waals surface area contributed by atoms with Crippen LogP contribution in [0.1, 0.15) is 0 Å². The first-order valence-electron chi connectivity index (χ1n) is 5.55. The molecular weight excluding hydrogens is 294 g/mol. The summed E-state index contributed by atoms with van der Waals surface area (Å²) in [6, 6.07) is 7.99. The van der Waals surface area contributed by atoms with E-state index in [1.807, 2.05) is 30.5 Å². The Labute approximate surface area is 114 Å². The number of benzene rings is 1. The normalized spacial score (nSPS) is 10.4. The van der Waals surface area contributed by atoms with E-state index in [1.165, 1.54) is 0 Å². The van der Waals surface area contributed by atoms with Gasteiger partial charge in [-0.15, -0.1) is 0 Å². The molecule has 0 unspecified atom stereocenters. The number of hydrogen-bond donors (Lipinski definition) is 0. The molecule has 0 aliphatic rings. The Hall–Kier alpha value is -1.62. The average molecular weight is 308 g/mol. The summed E-state index contributed by atoms with van der Waals surface area (Å²) in [5.41, 5.74) is 2.09. The third-order valence-corrected chi connectivity index (χ3v) is 3.14. The number of aromatic nitrogens is 2. The van der Waals surface area contributed by atoms with Crippen LogP contribution in [0.2, 0.25) is 0 Å². The summed E-state index contributed by atoms with van der Waals surface area (Å²) in [5, 5.41) is 4.19. The van der Waals surface area contributed by atoms with E-state index in [0.717, 1.165) is 15.6 Å². The van der Waals surface area contributed by atoms with Gasteiger partial charge in [0.1, 0.15) is 6.54 Å². The van der Waals surface area contributed by atoms with Crippen LogP contribution in [-0.2, 0) is 11.3 Å². The summed E-state index contributed by atoms with van der Waals surface area (Å²) in [7, 11) is 3.48. The molecule has 1 aromatic carbocycles. The smallest absolute Gasteiger partial charge is 0.243 e. The van der Waals surface area contributed by atoms with Crippen LogP contribution >= 0.6 is 15.9 Å². The van der Waals surface area contributed by atoms with E-state index in [4.69, 9.17) is 0 Å². The second-order valence-corrected chi connectivity index (χ2v) is 5.14. The highest BCUT2D eigenvalue weighted by atomic mass is 79.9. The molecule has 0 spiro atoms. The number of amides is 1. The van der Waals surface area contributed by atoms with Crippen molar-refractivity contribution in [1.82, 2.24) is 14.7 Å². The van der Waals surface area contributed by atoms with Crippen LogP contribution in [0.4, 0.5) is 0 Å². The lowest BCUT2D eigenvalue weighted by atomic mass is 10.1. The molecule has 2 aromatic rings. The Balaban J connectivity index is 2.15. The Morgan fingerprint density at radius 3 is 2.56 bits per heavy atom. The van der Waals surface area contributed by atoms with Crippen LogP contribution < -0.4 is 0 Å². The maximum absolute atomic E-state index is 11.6. The van der Waals surface area contributed by atoms with Crippen molar-refractivity contribution in [3.63, 3.8) is 0 Å². The Morgan fingerprint density at radius 2 is 1.94 bits per heavy atom. The highest BCUT2D eigenvalue weighted by molar-refractivity contribution is 9.10. The fraction of sp³-hybridized carbons (Fsp3) is 0.231. The molecule has 2 rings (SSSR count). The van der Waals surface area contributed by atoms with Crippen molar-refractivity contribution in [3.8, 4) is 11.1 Å². The van der Waals surface area contributed by atoms with Crippen LogP contribution in [0.3, 0.4) is 0 Å². The highest BCUT2D eigenvalue weighted by Crippen LogP contribution is 2.20. The van der Waals surface area contributed by atoms with Gasteiger partial charge < -0.3 is 4.90 Å². The van der Waals surface area contributed by atoms with Crippen LogP contribution in [-0.4, -0.2) is 34.7 Å². The van der Waals surface area contributed by atoms with Gasteiger partial charge in [-0.25, -0.2) is 0 Å². The second kappa shape index (κ2) is 5.35. The Morgan fingerprint density at radius 1 is 1.28 bits per heavy atom. The maximum Gasteiger partial charge on any atom is 0.243 e. The van der Waals surface area contributed by atoms with Gasteiger partial charge in [0.05, 0.1) is 6.20 Å². The zero-order valence-corrected chi connectivity index (χ0v) is 11.9. The second-order valence-electron chi connectivity index (χ2n) is 4.22. The minimum absolute atomic E-state index is 0.0282. The van der Waals surface area contributed by atoms with E-state index in [2.05, 4.69) is 21.0 Å². The monoisotopic (exact) mass is 307 g/mol. The summed E-state index contributed by atoms with van der Waals surface area (Å²) in [5.74, 6) is 0.0282. The lowest BCUT2D eigenvalue weighted by Gasteiger charge is -2.09. The van der Waals surface area contributed by atoms with E-state index < -0.39 is 0 Å². The van der Waals surface area contributed by atoms with Crippen LogP contribution in [0.25, 0.3) is 11.1 Å². The Kier molecular flexibility index (Phi) is 3.81. The predicted octanol–water partition coefficient (Wildman–Crippen LogP) is 2.40. The van der Waals surface area contributed by atoms with Crippen LogP contribution in [0.5, 0.6) is 0 Å². The molecule has 0 bridgehead atoms. The Bertz CT molecular complexity index is 546. The summed E-state index contributed by atoms with van der Waals surface area (Å²) < 4.78 is 2.70. The number of nitrogens with zero attached hydrogens (tertiary/aromatic N) is 3. The van der Waals surface area contributed by atoms with Crippen molar-refractivity contribution >= 4 is 21.8 Å². The SMILES string of the molecule is CN(C)C(=O)Cn1cc(-c2ccc(Br)cc2)cn1. The molecule has 0 aliphatic heterocycles. The topological polar surface area (TPSA) is 38.1 Å². The molecule has 0 N–H and O–H groups in total. The lowest BCUT2D eigenvalue weighted by Crippen LogP contribution is -2.26. The van der Waals surface area contributed by atoms with Gasteiger partial charge in [0.25, 0.3) is 0 Å². The van der Waals surface area contributed by atoms with Gasteiger partial charge >= 0.3 is 0 Å². The molecule has 0 aliphatic carbocycles. The van der Waals surface area contributed by atoms with Crippen LogP contribution in [0.15, 0.2) is 41.1 Å². The molecular formula is C13H14BrN3O. The fourth-order valence-corrected chi connectivity index (χ4v) is 1.79. The molecule has 1 heterocycles. The number of halogens is 1. The standard InChI is InChI=1S/C13H14BrN3O/c1-16(2)13(18)9-17-8-11(7-15-17)10-3-5-12(14)6-4-10/h3-8H,9H2,1-2H3. The first-order valence-corrected chi connectivity index (χ1v) is 6.34. The van der Waals surface area contributed by atoms with E-state index >= 15 is 0 Å². The van der Waals surface area contributed by atoms with Crippen molar-refractivity contribution in [3.05, 3.63) is 41.1 Å². The minimum atomic E-state index is 0.0282. The van der Waals surface area contributed by atoms with Crippen LogP contribution in [0, 0.1) is 0 Å². The molecule has 0 saturated carbocycles. The first-order chi connectivity index (χ1) is 8.56. The zero-order chi connectivity index (χ0) is 13.1. The summed E-state index contributed by atoms with van der Waals surface area (Å²) in [6.45, 7) is 0.267. The third kappa shape index (κ3) is 2.98. The quantitative estimate of drug-likeness (QED) is 0.873. The molecule has 1 amide bonds. The molecule has 1 aromatic heterocycles. The summed E-state index contributed by atoms with van der Waals surface area (Å²) in [4.78, 5) is 13.1. The van der Waals surface area contributed by atoms with E-state index in [1.54, 1.807) is 29.9 Å². The summed E-state index contributed by atoms with van der Waals surface area (Å²) >= 11 is 3.40. The van der Waals surface area contributed by atoms with Crippen molar-refractivity contribution < 1.29 is 4.79 Å². The number of carbonyl (C=O) groups is 1. The fourth-order valence-electron chi connectivity index (χ4n) is 1.52. The highest BCUT2D eigenvalue weighted by Gasteiger charge is 2.07. The summed E-state index contributed by atoms with van der Waals surface area (Å²) in [6.07, 6.45) is 3.65. The van der Waals surface area contributed by atoms with Crippen molar-refractivity contribution in [1.29, 1.82) is 0 Å². The van der Waals surface area contributed by atoms with Gasteiger partial charge in [-0.05, 0) is 17.7 Å². The third-order valence-electron chi connectivity index (χ3n) is 2.61. The van der Waals surface area contributed by atoms with E-state index in [0.29, 0.717) is 0 Å². The van der Waals surface area contributed by atoms with Gasteiger partial charge in [0.2, 0.25) is 5.91 Å². The molecule has 94 valence electrons. The van der Waals surface area contributed by atoms with Gasteiger partial charge in [0.15, 0.2) is 0 Å². The van der Waals surface area contributed by atoms with Crippen molar-refractivity contribution in [2.75, 3.05) is 14.1 Å². The predicted molar refractivity (Wildman–Crippen MR) is 74.1 cm³/mol. The maximum atomic E-state index is 11.6. The lowest BCUT2D eigenvalue weighted by molar-refractivity contribution is -0.129. The largest absolute Gasteiger partial charge is 0.347 e. The van der Waals surface area contributed by atoms with Gasteiger partial charge in [-0.2, -0.15) is 5.10 Å². The molecule has 4 nitrogen and oxygen atoms in total. The minimum Gasteiger partial charge on any atom is -0.347 e. The van der Waals surface area contributed by atoms with E-state index in [-0.39, 0.29) is 12.5 Å². The molecule has 0 atom stereocenters. The zero-order valence-electron chi connectivity index (χ0n) is 10.3. The first kappa shape index (κ1) is 12.8. The molecule has 18 heavy (non-hydrogen) atoms. The number of hydrogen-bond acceptors (Lipinski definition) is 2. The number of rotatable bonds is 3. The van der Waals surface area contributed by atoms with Gasteiger partial charge in [-0.3, -0.25) is 9.48 Å². The number of likely N-dealkylation sites (N-methyl/N-ethyl adjacent to an activating group) is 1. The molecule has 0 radical (unpaired) electrons.